The van der Waals surface area contributed by atoms with Crippen LogP contribution in [-0.2, 0) is 4.79 Å². The van der Waals surface area contributed by atoms with E-state index in [0.717, 1.165) is 11.1 Å². The highest BCUT2D eigenvalue weighted by atomic mass is 35.5. The minimum absolute atomic E-state index is 0.0986. The first kappa shape index (κ1) is 15.9. The molecule has 2 aromatic carbocycles. The molecular formula is C18H16ClNO5. The lowest BCUT2D eigenvalue weighted by Gasteiger charge is -2.27. The number of carbonyl (C=O) groups excluding carboxylic acids is 1. The van der Waals surface area contributed by atoms with Crippen molar-refractivity contribution in [3.63, 3.8) is 0 Å². The molecule has 2 N–H and O–H groups in total. The number of ether oxygens (including phenoxy) is 3. The van der Waals surface area contributed by atoms with Crippen LogP contribution in [0.15, 0.2) is 24.3 Å². The highest BCUT2D eigenvalue weighted by molar-refractivity contribution is 6.32. The van der Waals surface area contributed by atoms with Crippen LogP contribution >= 0.6 is 11.6 Å². The molecule has 0 saturated carbocycles. The van der Waals surface area contributed by atoms with Crippen LogP contribution in [0.3, 0.4) is 0 Å². The molecule has 0 radical (unpaired) electrons. The van der Waals surface area contributed by atoms with Crippen LogP contribution in [0.1, 0.15) is 30.4 Å². The zero-order valence-corrected chi connectivity index (χ0v) is 14.2. The number of nitrogens with one attached hydrogen (secondary N) is 1. The van der Waals surface area contributed by atoms with E-state index < -0.39 is 0 Å². The number of phenols is 1. The Morgan fingerprint density at radius 3 is 2.80 bits per heavy atom. The minimum Gasteiger partial charge on any atom is -0.503 e. The summed E-state index contributed by atoms with van der Waals surface area (Å²) in [4.78, 5) is 12.2. The van der Waals surface area contributed by atoms with Crippen LogP contribution in [-0.4, -0.2) is 24.4 Å². The third-order valence-electron chi connectivity index (χ3n) is 4.34. The lowest BCUT2D eigenvalue weighted by Crippen LogP contribution is -2.23. The second-order valence-corrected chi connectivity index (χ2v) is 6.29. The van der Waals surface area contributed by atoms with Gasteiger partial charge in [0.2, 0.25) is 12.7 Å². The summed E-state index contributed by atoms with van der Waals surface area (Å²) >= 11 is 6.16. The van der Waals surface area contributed by atoms with Crippen molar-refractivity contribution in [1.82, 2.24) is 0 Å². The number of anilines is 1. The predicted octanol–water partition coefficient (Wildman–Crippen LogP) is 3.65. The quantitative estimate of drug-likeness (QED) is 0.872. The highest BCUT2D eigenvalue weighted by Crippen LogP contribution is 2.46. The topological polar surface area (TPSA) is 77.0 Å². The van der Waals surface area contributed by atoms with Crippen molar-refractivity contribution in [3.05, 3.63) is 40.4 Å². The maximum atomic E-state index is 12.2. The van der Waals surface area contributed by atoms with Crippen LogP contribution in [0.25, 0.3) is 0 Å². The number of benzene rings is 2. The number of rotatable bonds is 3. The first-order valence-corrected chi connectivity index (χ1v) is 8.33. The second kappa shape index (κ2) is 6.04. The van der Waals surface area contributed by atoms with E-state index in [2.05, 4.69) is 5.32 Å². The molecule has 4 rings (SSSR count). The summed E-state index contributed by atoms with van der Waals surface area (Å²) in [6, 6.07) is 7.04. The molecule has 0 aromatic heterocycles. The zero-order valence-electron chi connectivity index (χ0n) is 13.5. The first-order valence-electron chi connectivity index (χ1n) is 7.95. The monoisotopic (exact) mass is 361 g/mol. The number of phenolic OH excluding ortho intramolecular Hbond substituents is 1. The summed E-state index contributed by atoms with van der Waals surface area (Å²) in [5.41, 5.74) is 2.39. The van der Waals surface area contributed by atoms with E-state index in [-0.39, 0.29) is 35.8 Å². The van der Waals surface area contributed by atoms with E-state index >= 15 is 0 Å². The van der Waals surface area contributed by atoms with Crippen LogP contribution < -0.4 is 19.5 Å². The molecule has 1 amide bonds. The van der Waals surface area contributed by atoms with Crippen molar-refractivity contribution >= 4 is 23.2 Å². The minimum atomic E-state index is -0.226. The smallest absolute Gasteiger partial charge is 0.231 e. The molecular weight excluding hydrogens is 346 g/mol. The van der Waals surface area contributed by atoms with Gasteiger partial charge in [0.25, 0.3) is 0 Å². The summed E-state index contributed by atoms with van der Waals surface area (Å²) in [7, 11) is 0. The Morgan fingerprint density at radius 1 is 1.28 bits per heavy atom. The Bertz CT molecular complexity index is 867. The molecule has 2 aliphatic heterocycles. The van der Waals surface area contributed by atoms with E-state index in [1.165, 1.54) is 0 Å². The van der Waals surface area contributed by atoms with Crippen molar-refractivity contribution in [2.75, 3.05) is 18.7 Å². The van der Waals surface area contributed by atoms with Gasteiger partial charge in [0, 0.05) is 24.1 Å². The van der Waals surface area contributed by atoms with Gasteiger partial charge in [-0.15, -0.1) is 0 Å². The van der Waals surface area contributed by atoms with Crippen LogP contribution in [0.5, 0.6) is 23.0 Å². The van der Waals surface area contributed by atoms with Crippen molar-refractivity contribution in [2.24, 2.45) is 0 Å². The van der Waals surface area contributed by atoms with E-state index in [9.17, 15) is 9.90 Å². The van der Waals surface area contributed by atoms with Crippen molar-refractivity contribution in [2.45, 2.75) is 19.3 Å². The van der Waals surface area contributed by atoms with Gasteiger partial charge in [-0.2, -0.15) is 0 Å². The number of hydrogen-bond acceptors (Lipinski definition) is 5. The van der Waals surface area contributed by atoms with Gasteiger partial charge in [-0.1, -0.05) is 11.6 Å². The third kappa shape index (κ3) is 2.72. The fourth-order valence-electron chi connectivity index (χ4n) is 3.21. The zero-order chi connectivity index (χ0) is 17.6. The Morgan fingerprint density at radius 2 is 2.04 bits per heavy atom. The molecule has 7 heteroatoms. The maximum absolute atomic E-state index is 12.2. The lowest BCUT2D eigenvalue weighted by atomic mass is 9.84. The molecule has 0 bridgehead atoms. The van der Waals surface area contributed by atoms with Gasteiger partial charge in [-0.05, 0) is 36.2 Å². The molecule has 2 aromatic rings. The van der Waals surface area contributed by atoms with Crippen LogP contribution in [0, 0.1) is 0 Å². The van der Waals surface area contributed by atoms with E-state index in [1.807, 2.05) is 13.0 Å². The fourth-order valence-corrected chi connectivity index (χ4v) is 3.43. The Hall–Kier alpha value is -2.60. The Balaban J connectivity index is 1.83. The molecule has 0 fully saturated rings. The van der Waals surface area contributed by atoms with Gasteiger partial charge in [-0.25, -0.2) is 0 Å². The number of carbonyl (C=O) groups is 1. The van der Waals surface area contributed by atoms with Gasteiger partial charge in [0.1, 0.15) is 0 Å². The summed E-state index contributed by atoms with van der Waals surface area (Å²) in [6.07, 6.45) is 0.263. The van der Waals surface area contributed by atoms with E-state index in [1.54, 1.807) is 18.2 Å². The Kier molecular flexibility index (Phi) is 3.84. The molecule has 2 aliphatic rings. The van der Waals surface area contributed by atoms with E-state index in [0.29, 0.717) is 29.5 Å². The van der Waals surface area contributed by atoms with Crippen molar-refractivity contribution in [1.29, 1.82) is 0 Å². The van der Waals surface area contributed by atoms with Crippen molar-refractivity contribution < 1.29 is 24.1 Å². The normalized spacial score (nSPS) is 17.8. The molecule has 1 atom stereocenters. The molecule has 25 heavy (non-hydrogen) atoms. The number of amides is 1. The van der Waals surface area contributed by atoms with Gasteiger partial charge in [0.15, 0.2) is 23.0 Å². The Labute approximate surface area is 149 Å². The molecule has 0 spiro atoms. The molecule has 130 valence electrons. The molecule has 6 nitrogen and oxygen atoms in total. The number of aromatic hydroxyl groups is 1. The first-order chi connectivity index (χ1) is 12.1. The molecule has 0 saturated heterocycles. The molecule has 2 heterocycles. The fraction of sp³-hybridized carbons (Fsp3) is 0.278. The summed E-state index contributed by atoms with van der Waals surface area (Å²) < 4.78 is 16.3. The third-order valence-corrected chi connectivity index (χ3v) is 4.62. The van der Waals surface area contributed by atoms with Crippen LogP contribution in [0.2, 0.25) is 5.02 Å². The number of fused-ring (bicyclic) bond motifs is 2. The average Bonchev–Trinajstić information content (AvgIpc) is 3.03. The second-order valence-electron chi connectivity index (χ2n) is 5.88. The standard InChI is InChI=1S/C18H16ClNO5/c1-2-23-16-4-9(3-12(19)18(16)22)10-6-17(21)20-13-7-15-14(5-11(10)13)24-8-25-15/h3-5,7,10,22H,2,6,8H2,1H3,(H,20,21)/t10-/m0/s1. The molecule has 0 aliphatic carbocycles. The highest BCUT2D eigenvalue weighted by Gasteiger charge is 2.30. The number of hydrogen-bond donors (Lipinski definition) is 2. The predicted molar refractivity (Wildman–Crippen MR) is 91.9 cm³/mol. The number of halogens is 1. The summed E-state index contributed by atoms with van der Waals surface area (Å²) in [6.45, 7) is 2.38. The molecule has 0 unspecified atom stereocenters. The van der Waals surface area contributed by atoms with Gasteiger partial charge in [-0.3, -0.25) is 4.79 Å². The van der Waals surface area contributed by atoms with Crippen molar-refractivity contribution in [3.8, 4) is 23.0 Å². The largest absolute Gasteiger partial charge is 0.503 e. The SMILES string of the molecule is CCOc1cc([C@@H]2CC(=O)Nc3cc4c(cc32)OCO4)cc(Cl)c1O. The summed E-state index contributed by atoms with van der Waals surface area (Å²) in [5, 5.41) is 13.1. The van der Waals surface area contributed by atoms with Gasteiger partial charge in [0.05, 0.1) is 11.6 Å². The van der Waals surface area contributed by atoms with Gasteiger partial charge < -0.3 is 24.6 Å². The lowest BCUT2D eigenvalue weighted by molar-refractivity contribution is -0.116. The van der Waals surface area contributed by atoms with Gasteiger partial charge >= 0.3 is 0 Å². The average molecular weight is 362 g/mol. The van der Waals surface area contributed by atoms with Crippen LogP contribution in [0.4, 0.5) is 5.69 Å². The van der Waals surface area contributed by atoms with E-state index in [4.69, 9.17) is 25.8 Å². The maximum Gasteiger partial charge on any atom is 0.231 e. The summed E-state index contributed by atoms with van der Waals surface area (Å²) in [5.74, 6) is 1.14.